The zero-order valence-corrected chi connectivity index (χ0v) is 49.7. The van der Waals surface area contributed by atoms with Gasteiger partial charge < -0.3 is 76.4 Å². The van der Waals surface area contributed by atoms with Crippen molar-refractivity contribution in [1.29, 1.82) is 0 Å². The minimum Gasteiger partial charge on any atom is -1.00 e. The summed E-state index contributed by atoms with van der Waals surface area (Å²) in [6.45, 7) is 0. The molecule has 0 aromatic heterocycles. The number of hydrogen-bond donors (Lipinski definition) is 26. The molecule has 0 aliphatic rings. The van der Waals surface area contributed by atoms with Crippen molar-refractivity contribution in [3.8, 4) is 0 Å². The Morgan fingerprint density at radius 2 is 0.167 bits per heavy atom. The first-order valence-corrected chi connectivity index (χ1v) is 10.6. The fraction of sp³-hybridized carbons (Fsp3) is 0. The van der Waals surface area contributed by atoms with Crippen molar-refractivity contribution in [2.75, 3.05) is 0 Å². The Kier molecular flexibility index (Phi) is 235. The third kappa shape index (κ3) is 552. The molecule has 0 atom stereocenters. The Balaban J connectivity index is -0.0000000146. The molecule has 0 aromatic carbocycles. The minimum absolute atomic E-state index is 0. The summed E-state index contributed by atoms with van der Waals surface area (Å²) in [5.74, 6) is 0. The molecule has 0 bridgehead atoms. The summed E-state index contributed by atoms with van der Waals surface area (Å²) in [5, 5.41) is 186. The molecule has 59 heteroatoms. The summed E-state index contributed by atoms with van der Waals surface area (Å²) in [6.07, 6.45) is -22.0. The standard InChI is InChI=1S/13CH2O4.7Na.7H/c13*2-1(3)5-4;;;;;;;;;;;;;;/h13*4H,(H,2,3);;;;;;;;;;;;;;/q;;;;;;;;;;;;;7*+1;7*-1. The molecule has 72 heavy (non-hydrogen) atoms. The zero-order valence-electron chi connectivity index (χ0n) is 42.7. The SMILES string of the molecule is O=C(O)OO.O=C(O)OO.O=C(O)OO.O=C(O)OO.O=C(O)OO.O=C(O)OO.O=C(O)OO.O=C(O)OO.O=C(O)OO.O=C(O)OO.O=C(O)OO.O=C(O)OO.O=C(O)OO.[H-].[H-].[H-].[H-].[H-].[H-].[H-].[Na+].[Na+].[Na+].[Na+].[Na+].[Na+].[Na+]. The van der Waals surface area contributed by atoms with Crippen molar-refractivity contribution in [3.05, 3.63) is 0 Å². The predicted octanol–water partition coefficient (Wildman–Crippen LogP) is -18.2. The van der Waals surface area contributed by atoms with Crippen molar-refractivity contribution >= 4 is 80.0 Å². The molecule has 52 nitrogen and oxygen atoms in total. The van der Waals surface area contributed by atoms with Crippen LogP contribution in [-0.2, 0) is 63.5 Å². The first-order chi connectivity index (χ1) is 29.5. The molecule has 0 rings (SSSR count). The molecule has 0 saturated carbocycles. The predicted molar refractivity (Wildman–Crippen MR) is 160 cm³/mol. The van der Waals surface area contributed by atoms with E-state index in [1.165, 1.54) is 0 Å². The molecule has 404 valence electrons. The van der Waals surface area contributed by atoms with Gasteiger partial charge in [0, 0.05) is 0 Å². The van der Waals surface area contributed by atoms with E-state index in [1.54, 1.807) is 0 Å². The number of carboxylic acid groups (broad SMARTS) is 13. The van der Waals surface area contributed by atoms with E-state index in [4.69, 9.17) is 197 Å². The summed E-state index contributed by atoms with van der Waals surface area (Å²) >= 11 is 0. The van der Waals surface area contributed by atoms with Crippen LogP contribution in [0.25, 0.3) is 0 Å². The van der Waals surface area contributed by atoms with E-state index in [0.717, 1.165) is 0 Å². The molecule has 0 aliphatic heterocycles. The van der Waals surface area contributed by atoms with Gasteiger partial charge >= 0.3 is 287 Å². The molecule has 26 N–H and O–H groups in total. The summed E-state index contributed by atoms with van der Waals surface area (Å²) in [4.78, 5) is 150. The Morgan fingerprint density at radius 1 is 0.153 bits per heavy atom. The van der Waals surface area contributed by atoms with Gasteiger partial charge in [-0.1, -0.05) is 0 Å². The van der Waals surface area contributed by atoms with E-state index in [1.807, 2.05) is 0 Å². The average Bonchev–Trinajstić information content (AvgIpc) is 3.25. The van der Waals surface area contributed by atoms with Gasteiger partial charge in [0.05, 0.1) is 0 Å². The second-order valence-electron chi connectivity index (χ2n) is 4.64. The first kappa shape index (κ1) is 133. The maximum absolute atomic E-state index is 8.90. The molecule has 0 aromatic rings. The monoisotopic (exact) mass is 1180 g/mol. The second-order valence-corrected chi connectivity index (χ2v) is 4.64. The molecule has 0 spiro atoms. The molecular weight excluding hydrogens is 1150 g/mol. The molecule has 0 amide bonds. The molecule has 0 heterocycles. The van der Waals surface area contributed by atoms with Crippen LogP contribution in [0.4, 0.5) is 62.3 Å². The van der Waals surface area contributed by atoms with Crippen molar-refractivity contribution in [3.63, 3.8) is 0 Å². The van der Waals surface area contributed by atoms with Gasteiger partial charge in [-0.25, -0.2) is 62.3 Å². The van der Waals surface area contributed by atoms with E-state index >= 15 is 0 Å². The van der Waals surface area contributed by atoms with Crippen LogP contribution < -0.4 is 207 Å². The van der Waals surface area contributed by atoms with E-state index in [2.05, 4.69) is 63.5 Å². The fourth-order valence-corrected chi connectivity index (χ4v) is 0. The Morgan fingerprint density at radius 3 is 0.167 bits per heavy atom. The maximum Gasteiger partial charge on any atom is 1.00 e. The van der Waals surface area contributed by atoms with Crippen LogP contribution in [0.2, 0.25) is 0 Å². The third-order valence-electron chi connectivity index (χ3n) is 1.02. The number of rotatable bonds is 0. The van der Waals surface area contributed by atoms with Crippen molar-refractivity contribution < 1.29 is 477 Å². The van der Waals surface area contributed by atoms with Gasteiger partial charge in [0.1, 0.15) is 0 Å². The molecule has 0 radical (unpaired) electrons. The van der Waals surface area contributed by atoms with Crippen molar-refractivity contribution in [2.45, 2.75) is 0 Å². The molecule has 0 unspecified atom stereocenters. The van der Waals surface area contributed by atoms with Gasteiger partial charge in [0.15, 0.2) is 0 Å². The van der Waals surface area contributed by atoms with Gasteiger partial charge in [-0.3, -0.25) is 63.5 Å². The van der Waals surface area contributed by atoms with Crippen molar-refractivity contribution in [2.24, 2.45) is 0 Å². The topological polar surface area (TPSA) is 868 Å². The summed E-state index contributed by atoms with van der Waals surface area (Å²) in [6, 6.07) is 0. The van der Waals surface area contributed by atoms with Crippen molar-refractivity contribution in [1.82, 2.24) is 0 Å². The van der Waals surface area contributed by atoms with Gasteiger partial charge in [-0.2, -0.15) is 68.3 Å². The molecule has 0 aliphatic carbocycles. The van der Waals surface area contributed by atoms with Crippen LogP contribution in [-0.4, -0.2) is 215 Å². The zero-order chi connectivity index (χ0) is 55.7. The van der Waals surface area contributed by atoms with Crippen LogP contribution in [0.5, 0.6) is 0 Å². The third-order valence-corrected chi connectivity index (χ3v) is 1.02. The van der Waals surface area contributed by atoms with Crippen LogP contribution in [0, 0.1) is 0 Å². The van der Waals surface area contributed by atoms with Gasteiger partial charge in [-0.15, -0.1) is 0 Å². The van der Waals surface area contributed by atoms with E-state index in [0.29, 0.717) is 0 Å². The normalized spacial score (nSPS) is 5.96. The molecule has 0 fully saturated rings. The van der Waals surface area contributed by atoms with Crippen LogP contribution >= 0.6 is 0 Å². The van der Waals surface area contributed by atoms with Crippen LogP contribution in [0.1, 0.15) is 9.99 Å². The van der Waals surface area contributed by atoms with E-state index in [9.17, 15) is 0 Å². The Labute approximate surface area is 551 Å². The number of hydrogen-bond acceptors (Lipinski definition) is 39. The average molecular weight is 1180 g/mol. The maximum atomic E-state index is 8.90. The van der Waals surface area contributed by atoms with Gasteiger partial charge in [0.2, 0.25) is 0 Å². The van der Waals surface area contributed by atoms with Crippen LogP contribution in [0.15, 0.2) is 0 Å². The minimum atomic E-state index is -1.69. The summed E-state index contributed by atoms with van der Waals surface area (Å²) < 4.78 is 0. The van der Waals surface area contributed by atoms with Gasteiger partial charge in [0.25, 0.3) is 0 Å². The Bertz CT molecular complexity index is 910. The largest absolute Gasteiger partial charge is 1.00 e. The smallest absolute Gasteiger partial charge is 1.00 e. The quantitative estimate of drug-likeness (QED) is 0.0463. The first-order valence-electron chi connectivity index (χ1n) is 10.6. The fourth-order valence-electron chi connectivity index (χ4n) is 0. The molecular formula is C13H33Na7O52. The summed E-state index contributed by atoms with van der Waals surface area (Å²) in [5.41, 5.74) is 0. The van der Waals surface area contributed by atoms with E-state index in [-0.39, 0.29) is 217 Å². The Hall–Kier alpha value is -3.01. The van der Waals surface area contributed by atoms with Crippen LogP contribution in [0.3, 0.4) is 0 Å². The van der Waals surface area contributed by atoms with E-state index < -0.39 is 80.0 Å². The molecule has 0 saturated heterocycles. The van der Waals surface area contributed by atoms with Gasteiger partial charge in [-0.05, 0) is 0 Å². The number of carbonyl (C=O) groups is 13. The summed E-state index contributed by atoms with van der Waals surface area (Å²) in [7, 11) is 0. The second kappa shape index (κ2) is 127.